The Morgan fingerprint density at radius 1 is 1.47 bits per heavy atom. The molecule has 108 valence electrons. The monoisotopic (exact) mass is 289 g/mol. The van der Waals surface area contributed by atoms with E-state index in [1.165, 1.54) is 18.2 Å². The van der Waals surface area contributed by atoms with Gasteiger partial charge in [0.15, 0.2) is 0 Å². The van der Waals surface area contributed by atoms with Gasteiger partial charge < -0.3 is 10.2 Å². The third-order valence-electron chi connectivity index (χ3n) is 3.19. The van der Waals surface area contributed by atoms with Gasteiger partial charge in [-0.2, -0.15) is 0 Å². The van der Waals surface area contributed by atoms with Crippen molar-refractivity contribution < 1.29 is 18.8 Å². The fourth-order valence-electron chi connectivity index (χ4n) is 2.05. The van der Waals surface area contributed by atoms with E-state index in [0.717, 1.165) is 0 Å². The molecule has 4 N–H and O–H groups in total. The van der Waals surface area contributed by atoms with Crippen LogP contribution in [-0.2, 0) is 11.0 Å². The lowest BCUT2D eigenvalue weighted by atomic mass is 9.87. The molecule has 0 amide bonds. The van der Waals surface area contributed by atoms with E-state index in [9.17, 15) is 13.7 Å². The van der Waals surface area contributed by atoms with Gasteiger partial charge in [0.2, 0.25) is 0 Å². The summed E-state index contributed by atoms with van der Waals surface area (Å²) in [5, 5.41) is 24.4. The SMILES string of the molecule is CC(C)(C[C@@H](CCO)c1cc(F)ccc1O)S(N)=O. The molecule has 0 aliphatic carbocycles. The van der Waals surface area contributed by atoms with Crippen LogP contribution in [0.25, 0.3) is 0 Å². The molecule has 0 spiro atoms. The molecule has 0 saturated carbocycles. The highest BCUT2D eigenvalue weighted by Gasteiger charge is 2.29. The van der Waals surface area contributed by atoms with E-state index >= 15 is 0 Å². The Balaban J connectivity index is 3.07. The maximum atomic E-state index is 13.3. The lowest BCUT2D eigenvalue weighted by Gasteiger charge is -2.27. The zero-order valence-electron chi connectivity index (χ0n) is 11.1. The van der Waals surface area contributed by atoms with Gasteiger partial charge in [-0.05, 0) is 56.4 Å². The fraction of sp³-hybridized carbons (Fsp3) is 0.538. The Morgan fingerprint density at radius 2 is 2.11 bits per heavy atom. The van der Waals surface area contributed by atoms with E-state index in [1.807, 2.05) is 0 Å². The lowest BCUT2D eigenvalue weighted by molar-refractivity contribution is 0.267. The molecule has 1 rings (SSSR count). The maximum absolute atomic E-state index is 13.3. The van der Waals surface area contributed by atoms with Crippen molar-refractivity contribution >= 4 is 11.0 Å². The summed E-state index contributed by atoms with van der Waals surface area (Å²) in [6.07, 6.45) is 0.728. The van der Waals surface area contributed by atoms with Gasteiger partial charge in [-0.1, -0.05) is 0 Å². The highest BCUT2D eigenvalue weighted by atomic mass is 32.2. The summed E-state index contributed by atoms with van der Waals surface area (Å²) >= 11 is 0. The number of halogens is 1. The number of aliphatic hydroxyl groups is 1. The van der Waals surface area contributed by atoms with E-state index < -0.39 is 21.5 Å². The van der Waals surface area contributed by atoms with Crippen LogP contribution in [0.2, 0.25) is 0 Å². The molecule has 0 aliphatic rings. The molecule has 0 bridgehead atoms. The molecule has 0 saturated heterocycles. The third-order valence-corrected chi connectivity index (χ3v) is 4.45. The number of hydrogen-bond acceptors (Lipinski definition) is 3. The molecule has 1 aromatic rings. The molecule has 6 heteroatoms. The van der Waals surface area contributed by atoms with E-state index in [0.29, 0.717) is 18.4 Å². The highest BCUT2D eigenvalue weighted by Crippen LogP contribution is 2.36. The number of nitrogens with two attached hydrogens (primary N) is 1. The van der Waals surface area contributed by atoms with Crippen LogP contribution in [0.1, 0.15) is 38.2 Å². The van der Waals surface area contributed by atoms with Crippen LogP contribution in [-0.4, -0.2) is 25.8 Å². The second-order valence-electron chi connectivity index (χ2n) is 5.17. The van der Waals surface area contributed by atoms with Crippen LogP contribution in [0.15, 0.2) is 18.2 Å². The first kappa shape index (κ1) is 16.1. The summed E-state index contributed by atoms with van der Waals surface area (Å²) < 4.78 is 24.1. The predicted octanol–water partition coefficient (Wildman–Crippen LogP) is 1.79. The van der Waals surface area contributed by atoms with E-state index in [2.05, 4.69) is 0 Å². The zero-order chi connectivity index (χ0) is 14.6. The summed E-state index contributed by atoms with van der Waals surface area (Å²) in [7, 11) is -1.54. The van der Waals surface area contributed by atoms with Gasteiger partial charge in [0.1, 0.15) is 11.6 Å². The smallest absolute Gasteiger partial charge is 0.123 e. The molecular weight excluding hydrogens is 269 g/mol. The molecule has 1 unspecified atom stereocenters. The van der Waals surface area contributed by atoms with Crippen LogP contribution in [0.5, 0.6) is 5.75 Å². The quantitative estimate of drug-likeness (QED) is 0.746. The number of rotatable bonds is 6. The van der Waals surface area contributed by atoms with Crippen molar-refractivity contribution in [3.8, 4) is 5.75 Å². The molecule has 1 aromatic carbocycles. The molecule has 0 aliphatic heterocycles. The zero-order valence-corrected chi connectivity index (χ0v) is 11.9. The van der Waals surface area contributed by atoms with Crippen molar-refractivity contribution in [2.24, 2.45) is 5.14 Å². The van der Waals surface area contributed by atoms with Gasteiger partial charge in [0.25, 0.3) is 0 Å². The minimum atomic E-state index is -1.54. The number of aromatic hydroxyl groups is 1. The minimum Gasteiger partial charge on any atom is -0.508 e. The molecule has 4 nitrogen and oxygen atoms in total. The predicted molar refractivity (Wildman–Crippen MR) is 73.5 cm³/mol. The minimum absolute atomic E-state index is 0.0292. The summed E-state index contributed by atoms with van der Waals surface area (Å²) in [4.78, 5) is 0. The van der Waals surface area contributed by atoms with E-state index in [1.54, 1.807) is 13.8 Å². The molecular formula is C13H20FNO3S. The average Bonchev–Trinajstić information content (AvgIpc) is 2.31. The summed E-state index contributed by atoms with van der Waals surface area (Å²) in [6.45, 7) is 3.38. The number of phenolic OH excluding ortho intramolecular Hbond substituents is 1. The Bertz CT molecular complexity index is 465. The Morgan fingerprint density at radius 3 is 2.63 bits per heavy atom. The molecule has 2 atom stereocenters. The first-order valence-corrected chi connectivity index (χ1v) is 7.25. The topological polar surface area (TPSA) is 83.6 Å². The van der Waals surface area contributed by atoms with Crippen molar-refractivity contribution in [1.29, 1.82) is 0 Å². The molecule has 19 heavy (non-hydrogen) atoms. The third kappa shape index (κ3) is 4.26. The number of phenols is 1. The normalized spacial score (nSPS) is 15.2. The van der Waals surface area contributed by atoms with Crippen molar-refractivity contribution in [3.05, 3.63) is 29.6 Å². The molecule has 0 aromatic heterocycles. The van der Waals surface area contributed by atoms with Crippen LogP contribution in [0.4, 0.5) is 4.39 Å². The highest BCUT2D eigenvalue weighted by molar-refractivity contribution is 7.84. The number of aliphatic hydroxyl groups excluding tert-OH is 1. The van der Waals surface area contributed by atoms with Crippen LogP contribution in [0, 0.1) is 5.82 Å². The fourth-order valence-corrected chi connectivity index (χ4v) is 2.42. The van der Waals surface area contributed by atoms with Crippen molar-refractivity contribution in [2.45, 2.75) is 37.4 Å². The summed E-state index contributed by atoms with van der Waals surface area (Å²) in [5.41, 5.74) is 0.410. The van der Waals surface area contributed by atoms with Crippen LogP contribution in [0.3, 0.4) is 0 Å². The van der Waals surface area contributed by atoms with Gasteiger partial charge in [-0.15, -0.1) is 0 Å². The average molecular weight is 289 g/mol. The van der Waals surface area contributed by atoms with E-state index in [4.69, 9.17) is 10.2 Å². The van der Waals surface area contributed by atoms with Crippen LogP contribution >= 0.6 is 0 Å². The van der Waals surface area contributed by atoms with Gasteiger partial charge in [0.05, 0.1) is 15.7 Å². The van der Waals surface area contributed by atoms with Gasteiger partial charge >= 0.3 is 0 Å². The summed E-state index contributed by atoms with van der Waals surface area (Å²) in [5.74, 6) is -0.788. The second kappa shape index (κ2) is 6.45. The Hall–Kier alpha value is -0.980. The van der Waals surface area contributed by atoms with Crippen molar-refractivity contribution in [3.63, 3.8) is 0 Å². The molecule has 0 fully saturated rings. The van der Waals surface area contributed by atoms with Gasteiger partial charge in [-0.25, -0.2) is 8.60 Å². The van der Waals surface area contributed by atoms with Crippen molar-refractivity contribution in [2.75, 3.05) is 6.61 Å². The van der Waals surface area contributed by atoms with Crippen molar-refractivity contribution in [1.82, 2.24) is 0 Å². The molecule has 0 radical (unpaired) electrons. The molecule has 0 heterocycles. The first-order chi connectivity index (χ1) is 8.77. The lowest BCUT2D eigenvalue weighted by Crippen LogP contribution is -2.34. The van der Waals surface area contributed by atoms with Gasteiger partial charge in [0, 0.05) is 6.61 Å². The Kier molecular flexibility index (Phi) is 5.46. The summed E-state index contributed by atoms with van der Waals surface area (Å²) in [6, 6.07) is 3.69. The Labute approximate surface area is 115 Å². The number of benzene rings is 1. The second-order valence-corrected chi connectivity index (χ2v) is 6.87. The largest absolute Gasteiger partial charge is 0.508 e. The van der Waals surface area contributed by atoms with E-state index in [-0.39, 0.29) is 18.3 Å². The maximum Gasteiger partial charge on any atom is 0.123 e. The van der Waals surface area contributed by atoms with Crippen LogP contribution < -0.4 is 5.14 Å². The van der Waals surface area contributed by atoms with Gasteiger partial charge in [-0.3, -0.25) is 5.14 Å². The first-order valence-electron chi connectivity index (χ1n) is 6.03. The number of hydrogen-bond donors (Lipinski definition) is 3. The standard InChI is InChI=1S/C13H20FNO3S/c1-13(2,19(15)18)8-9(5-6-16)11-7-10(14)3-4-12(11)17/h3-4,7,9,16-17H,5-6,8,15H2,1-2H3/t9-,19?/m1/s1.